The molecule has 128 valence electrons. The summed E-state index contributed by atoms with van der Waals surface area (Å²) in [6.45, 7) is 6.35. The van der Waals surface area contributed by atoms with Crippen LogP contribution in [-0.2, 0) is 11.8 Å². The molecular formula is C20H26N2O2. The third-order valence-electron chi connectivity index (χ3n) is 3.89. The lowest BCUT2D eigenvalue weighted by atomic mass is 9.87. The van der Waals surface area contributed by atoms with Gasteiger partial charge in [0.1, 0.15) is 0 Å². The lowest BCUT2D eigenvalue weighted by Gasteiger charge is -2.20. The van der Waals surface area contributed by atoms with Gasteiger partial charge in [0.25, 0.3) is 0 Å². The molecule has 2 aromatic carbocycles. The Hall–Kier alpha value is -2.33. The van der Waals surface area contributed by atoms with Crippen LogP contribution in [0.5, 0.6) is 0 Å². The molecular weight excluding hydrogens is 300 g/mol. The van der Waals surface area contributed by atoms with E-state index in [0.29, 0.717) is 6.42 Å². The molecule has 4 nitrogen and oxygen atoms in total. The summed E-state index contributed by atoms with van der Waals surface area (Å²) in [7, 11) is 0. The molecule has 0 fully saturated rings. The first-order valence-electron chi connectivity index (χ1n) is 8.21. The monoisotopic (exact) mass is 326 g/mol. The summed E-state index contributed by atoms with van der Waals surface area (Å²) in [4.78, 5) is 12.1. The Balaban J connectivity index is 1.91. The van der Waals surface area contributed by atoms with Gasteiger partial charge in [-0.2, -0.15) is 0 Å². The normalized spacial score (nSPS) is 12.5. The number of urea groups is 1. The maximum absolute atomic E-state index is 12.1. The summed E-state index contributed by atoms with van der Waals surface area (Å²) in [6, 6.07) is 17.0. The molecule has 0 radical (unpaired) electrons. The molecule has 0 heterocycles. The SMILES string of the molecule is CC(C)(C)c1ccc(NC(=O)NC(CO)Cc2ccccc2)cc1. The van der Waals surface area contributed by atoms with Crippen molar-refractivity contribution in [3.63, 3.8) is 0 Å². The molecule has 0 aliphatic heterocycles. The highest BCUT2D eigenvalue weighted by atomic mass is 16.3. The highest BCUT2D eigenvalue weighted by molar-refractivity contribution is 5.89. The van der Waals surface area contributed by atoms with Crippen molar-refractivity contribution in [2.24, 2.45) is 0 Å². The molecule has 3 N–H and O–H groups in total. The number of anilines is 1. The molecule has 2 rings (SSSR count). The van der Waals surface area contributed by atoms with Gasteiger partial charge in [-0.05, 0) is 35.1 Å². The van der Waals surface area contributed by atoms with Crippen LogP contribution in [-0.4, -0.2) is 23.8 Å². The maximum Gasteiger partial charge on any atom is 0.319 e. The number of rotatable bonds is 5. The third-order valence-corrected chi connectivity index (χ3v) is 3.89. The standard InChI is InChI=1S/C20H26N2O2/c1-20(2,3)16-9-11-17(12-10-16)21-19(24)22-18(14-23)13-15-7-5-4-6-8-15/h4-12,18,23H,13-14H2,1-3H3,(H2,21,22,24). The molecule has 2 aromatic rings. The van der Waals surface area contributed by atoms with E-state index in [1.54, 1.807) is 0 Å². The Labute approximate surface area is 143 Å². The second-order valence-corrected chi connectivity index (χ2v) is 7.00. The van der Waals surface area contributed by atoms with E-state index in [4.69, 9.17) is 0 Å². The number of benzene rings is 2. The Morgan fingerprint density at radius 1 is 1.04 bits per heavy atom. The van der Waals surface area contributed by atoms with Crippen LogP contribution >= 0.6 is 0 Å². The van der Waals surface area contributed by atoms with Crippen molar-refractivity contribution in [1.29, 1.82) is 0 Å². The number of aliphatic hydroxyl groups excluding tert-OH is 1. The first kappa shape index (κ1) is 18.0. The number of amides is 2. The maximum atomic E-state index is 12.1. The Kier molecular flexibility index (Phi) is 5.99. The minimum atomic E-state index is -0.318. The quantitative estimate of drug-likeness (QED) is 0.784. The Morgan fingerprint density at radius 2 is 1.67 bits per heavy atom. The van der Waals surface area contributed by atoms with Gasteiger partial charge in [-0.15, -0.1) is 0 Å². The molecule has 1 atom stereocenters. The van der Waals surface area contributed by atoms with E-state index >= 15 is 0 Å². The van der Waals surface area contributed by atoms with Gasteiger partial charge in [-0.3, -0.25) is 0 Å². The van der Waals surface area contributed by atoms with Crippen LogP contribution in [0.4, 0.5) is 10.5 Å². The predicted octanol–water partition coefficient (Wildman–Crippen LogP) is 3.71. The zero-order valence-electron chi connectivity index (χ0n) is 14.5. The number of nitrogens with one attached hydrogen (secondary N) is 2. The van der Waals surface area contributed by atoms with E-state index in [9.17, 15) is 9.90 Å². The minimum Gasteiger partial charge on any atom is -0.394 e. The lowest BCUT2D eigenvalue weighted by molar-refractivity contribution is 0.224. The van der Waals surface area contributed by atoms with Gasteiger partial charge in [0.15, 0.2) is 0 Å². The number of carbonyl (C=O) groups is 1. The predicted molar refractivity (Wildman–Crippen MR) is 98.3 cm³/mol. The van der Waals surface area contributed by atoms with Gasteiger partial charge < -0.3 is 15.7 Å². The summed E-state index contributed by atoms with van der Waals surface area (Å²) < 4.78 is 0. The lowest BCUT2D eigenvalue weighted by Crippen LogP contribution is -2.41. The van der Waals surface area contributed by atoms with Gasteiger partial charge in [0, 0.05) is 5.69 Å². The molecule has 0 bridgehead atoms. The highest BCUT2D eigenvalue weighted by Gasteiger charge is 2.14. The summed E-state index contributed by atoms with van der Waals surface area (Å²) in [6.07, 6.45) is 0.591. The number of carbonyl (C=O) groups excluding carboxylic acids is 1. The molecule has 0 aromatic heterocycles. The van der Waals surface area contributed by atoms with E-state index in [1.807, 2.05) is 54.6 Å². The van der Waals surface area contributed by atoms with E-state index in [-0.39, 0.29) is 24.1 Å². The molecule has 24 heavy (non-hydrogen) atoms. The van der Waals surface area contributed by atoms with Gasteiger partial charge in [0.05, 0.1) is 12.6 Å². The van der Waals surface area contributed by atoms with Crippen LogP contribution in [0.25, 0.3) is 0 Å². The first-order chi connectivity index (χ1) is 11.4. The van der Waals surface area contributed by atoms with Crippen LogP contribution in [0.3, 0.4) is 0 Å². The third kappa shape index (κ3) is 5.39. The van der Waals surface area contributed by atoms with Crippen LogP contribution in [0.1, 0.15) is 31.9 Å². The van der Waals surface area contributed by atoms with Crippen molar-refractivity contribution in [2.75, 3.05) is 11.9 Å². The van der Waals surface area contributed by atoms with E-state index in [0.717, 1.165) is 11.3 Å². The average Bonchev–Trinajstić information content (AvgIpc) is 2.54. The van der Waals surface area contributed by atoms with Crippen molar-refractivity contribution >= 4 is 11.7 Å². The van der Waals surface area contributed by atoms with Crippen LogP contribution in [0.2, 0.25) is 0 Å². The molecule has 0 spiro atoms. The number of aliphatic hydroxyl groups is 1. The van der Waals surface area contributed by atoms with Crippen molar-refractivity contribution in [2.45, 2.75) is 38.6 Å². The summed E-state index contributed by atoms with van der Waals surface area (Å²) in [5, 5.41) is 15.1. The van der Waals surface area contributed by atoms with E-state index in [1.165, 1.54) is 5.56 Å². The van der Waals surface area contributed by atoms with E-state index in [2.05, 4.69) is 31.4 Å². The van der Waals surface area contributed by atoms with Crippen molar-refractivity contribution in [1.82, 2.24) is 5.32 Å². The van der Waals surface area contributed by atoms with Crippen LogP contribution in [0.15, 0.2) is 54.6 Å². The fraction of sp³-hybridized carbons (Fsp3) is 0.350. The Morgan fingerprint density at radius 3 is 2.21 bits per heavy atom. The molecule has 4 heteroatoms. The van der Waals surface area contributed by atoms with E-state index < -0.39 is 0 Å². The summed E-state index contributed by atoms with van der Waals surface area (Å²) in [5.74, 6) is 0. The van der Waals surface area contributed by atoms with Gasteiger partial charge >= 0.3 is 6.03 Å². The Bertz CT molecular complexity index is 646. The fourth-order valence-corrected chi connectivity index (χ4v) is 2.47. The van der Waals surface area contributed by atoms with Gasteiger partial charge in [-0.1, -0.05) is 63.2 Å². The summed E-state index contributed by atoms with van der Waals surface area (Å²) >= 11 is 0. The topological polar surface area (TPSA) is 61.4 Å². The second-order valence-electron chi connectivity index (χ2n) is 7.00. The minimum absolute atomic E-state index is 0.0818. The molecule has 0 aliphatic rings. The molecule has 0 saturated carbocycles. The fourth-order valence-electron chi connectivity index (χ4n) is 2.47. The van der Waals surface area contributed by atoms with Crippen LogP contribution < -0.4 is 10.6 Å². The van der Waals surface area contributed by atoms with Crippen molar-refractivity contribution in [3.05, 3.63) is 65.7 Å². The second kappa shape index (κ2) is 7.97. The van der Waals surface area contributed by atoms with Gasteiger partial charge in [-0.25, -0.2) is 4.79 Å². The molecule has 2 amide bonds. The number of hydrogen-bond acceptors (Lipinski definition) is 2. The van der Waals surface area contributed by atoms with Crippen LogP contribution in [0, 0.1) is 0 Å². The largest absolute Gasteiger partial charge is 0.394 e. The molecule has 1 unspecified atom stereocenters. The summed E-state index contributed by atoms with van der Waals surface area (Å²) in [5.41, 5.74) is 3.10. The molecule has 0 saturated heterocycles. The van der Waals surface area contributed by atoms with Gasteiger partial charge in [0.2, 0.25) is 0 Å². The zero-order valence-corrected chi connectivity index (χ0v) is 14.5. The highest BCUT2D eigenvalue weighted by Crippen LogP contribution is 2.23. The van der Waals surface area contributed by atoms with Crippen molar-refractivity contribution < 1.29 is 9.90 Å². The zero-order chi connectivity index (χ0) is 17.6. The number of hydrogen-bond donors (Lipinski definition) is 3. The average molecular weight is 326 g/mol. The molecule has 0 aliphatic carbocycles. The first-order valence-corrected chi connectivity index (χ1v) is 8.21. The smallest absolute Gasteiger partial charge is 0.319 e. The van der Waals surface area contributed by atoms with Crippen molar-refractivity contribution in [3.8, 4) is 0 Å².